The van der Waals surface area contributed by atoms with E-state index in [1.807, 2.05) is 6.20 Å². The first-order chi connectivity index (χ1) is 9.42. The van der Waals surface area contributed by atoms with Crippen LogP contribution >= 0.6 is 0 Å². The van der Waals surface area contributed by atoms with Gasteiger partial charge in [0.1, 0.15) is 5.82 Å². The largest absolute Gasteiger partial charge is 0.366 e. The van der Waals surface area contributed by atoms with Crippen LogP contribution in [0.15, 0.2) is 42.6 Å². The van der Waals surface area contributed by atoms with Crippen molar-refractivity contribution in [3.05, 3.63) is 59.3 Å². The molecule has 0 atom stereocenters. The highest BCUT2D eigenvalue weighted by molar-refractivity contribution is 5.37. The lowest BCUT2D eigenvalue weighted by Crippen LogP contribution is -2.09. The molecule has 0 aliphatic heterocycles. The zero-order valence-corrected chi connectivity index (χ0v) is 12.9. The van der Waals surface area contributed by atoms with Crippen molar-refractivity contribution in [1.82, 2.24) is 4.98 Å². The predicted molar refractivity (Wildman–Crippen MR) is 85.9 cm³/mol. The first-order valence-corrected chi connectivity index (χ1v) is 7.17. The van der Waals surface area contributed by atoms with Gasteiger partial charge >= 0.3 is 0 Å². The quantitative estimate of drug-likeness (QED) is 0.877. The fourth-order valence-corrected chi connectivity index (χ4v) is 2.14. The van der Waals surface area contributed by atoms with Crippen molar-refractivity contribution in [3.8, 4) is 0 Å². The zero-order chi connectivity index (χ0) is 14.6. The number of anilines is 1. The molecular weight excluding hydrogens is 244 g/mol. The summed E-state index contributed by atoms with van der Waals surface area (Å²) in [6, 6.07) is 12.8. The van der Waals surface area contributed by atoms with E-state index in [0.717, 1.165) is 18.8 Å². The Bertz CT molecular complexity index is 533. The van der Waals surface area contributed by atoms with Crippen LogP contribution in [0.2, 0.25) is 0 Å². The van der Waals surface area contributed by atoms with Crippen LogP contribution in [0, 0.1) is 12.3 Å². The van der Waals surface area contributed by atoms with Gasteiger partial charge in [-0.25, -0.2) is 4.98 Å². The predicted octanol–water partition coefficient (Wildman–Crippen LogP) is 4.59. The van der Waals surface area contributed by atoms with Crippen LogP contribution in [-0.4, -0.2) is 4.98 Å². The van der Waals surface area contributed by atoms with Gasteiger partial charge < -0.3 is 5.32 Å². The third-order valence-corrected chi connectivity index (χ3v) is 3.15. The second kappa shape index (κ2) is 6.08. The molecule has 2 heteroatoms. The van der Waals surface area contributed by atoms with Gasteiger partial charge in [-0.2, -0.15) is 0 Å². The monoisotopic (exact) mass is 268 g/mol. The number of hydrogen-bond acceptors (Lipinski definition) is 2. The number of pyridine rings is 1. The molecule has 0 amide bonds. The summed E-state index contributed by atoms with van der Waals surface area (Å²) in [7, 11) is 0. The highest BCUT2D eigenvalue weighted by Gasteiger charge is 2.11. The minimum atomic E-state index is 0.304. The average molecular weight is 268 g/mol. The Labute approximate surface area is 122 Å². The number of aromatic nitrogens is 1. The molecule has 2 rings (SSSR count). The van der Waals surface area contributed by atoms with Gasteiger partial charge in [0.15, 0.2) is 0 Å². The van der Waals surface area contributed by atoms with Crippen molar-refractivity contribution in [2.24, 2.45) is 5.41 Å². The van der Waals surface area contributed by atoms with Gasteiger partial charge in [-0.1, -0.05) is 56.7 Å². The van der Waals surface area contributed by atoms with Gasteiger partial charge in [0.25, 0.3) is 0 Å². The van der Waals surface area contributed by atoms with E-state index in [2.05, 4.69) is 74.4 Å². The minimum Gasteiger partial charge on any atom is -0.366 e. The molecule has 0 aliphatic rings. The molecule has 1 N–H and O–H groups in total. The Morgan fingerprint density at radius 3 is 2.15 bits per heavy atom. The zero-order valence-electron chi connectivity index (χ0n) is 12.9. The summed E-state index contributed by atoms with van der Waals surface area (Å²) < 4.78 is 0. The lowest BCUT2D eigenvalue weighted by atomic mass is 9.89. The molecule has 2 aromatic rings. The van der Waals surface area contributed by atoms with Gasteiger partial charge in [0.05, 0.1) is 0 Å². The van der Waals surface area contributed by atoms with Crippen LogP contribution in [0.3, 0.4) is 0 Å². The Morgan fingerprint density at radius 1 is 0.950 bits per heavy atom. The molecule has 1 aromatic carbocycles. The summed E-state index contributed by atoms with van der Waals surface area (Å²) in [5.74, 6) is 0.934. The van der Waals surface area contributed by atoms with Crippen molar-refractivity contribution >= 4 is 5.82 Å². The van der Waals surface area contributed by atoms with Crippen molar-refractivity contribution in [2.45, 2.75) is 40.7 Å². The van der Waals surface area contributed by atoms with E-state index in [0.29, 0.717) is 5.41 Å². The maximum atomic E-state index is 4.48. The minimum absolute atomic E-state index is 0.304. The Kier molecular flexibility index (Phi) is 4.43. The SMILES string of the molecule is Cc1ccc(CNc2ccc(CC(C)(C)C)cn2)cc1. The molecule has 20 heavy (non-hydrogen) atoms. The van der Waals surface area contributed by atoms with Crippen molar-refractivity contribution < 1.29 is 0 Å². The molecule has 0 spiro atoms. The highest BCUT2D eigenvalue weighted by atomic mass is 15.0. The maximum Gasteiger partial charge on any atom is 0.126 e. The molecule has 0 radical (unpaired) electrons. The van der Waals surface area contributed by atoms with Gasteiger partial charge in [0, 0.05) is 12.7 Å². The van der Waals surface area contributed by atoms with Gasteiger partial charge in [-0.3, -0.25) is 0 Å². The van der Waals surface area contributed by atoms with E-state index in [1.165, 1.54) is 16.7 Å². The fourth-order valence-electron chi connectivity index (χ4n) is 2.14. The van der Waals surface area contributed by atoms with Crippen LogP contribution in [0.1, 0.15) is 37.5 Å². The van der Waals surface area contributed by atoms with Crippen LogP contribution in [-0.2, 0) is 13.0 Å². The number of benzene rings is 1. The molecular formula is C18H24N2. The molecule has 106 valence electrons. The summed E-state index contributed by atoms with van der Waals surface area (Å²) in [6.07, 6.45) is 3.03. The lowest BCUT2D eigenvalue weighted by molar-refractivity contribution is 0.411. The van der Waals surface area contributed by atoms with Crippen LogP contribution in [0.25, 0.3) is 0 Å². The molecule has 0 fully saturated rings. The molecule has 0 aliphatic carbocycles. The second-order valence-electron chi connectivity index (χ2n) is 6.63. The molecule has 2 nitrogen and oxygen atoms in total. The molecule has 0 unspecified atom stereocenters. The van der Waals surface area contributed by atoms with Crippen LogP contribution < -0.4 is 5.32 Å². The fraction of sp³-hybridized carbons (Fsp3) is 0.389. The standard InChI is InChI=1S/C18H24N2/c1-14-5-7-15(8-6-14)12-19-17-10-9-16(13-20-17)11-18(2,3)4/h5-10,13H,11-12H2,1-4H3,(H,19,20). The summed E-state index contributed by atoms with van der Waals surface area (Å²) in [4.78, 5) is 4.48. The second-order valence-corrected chi connectivity index (χ2v) is 6.63. The van der Waals surface area contributed by atoms with E-state index in [4.69, 9.17) is 0 Å². The highest BCUT2D eigenvalue weighted by Crippen LogP contribution is 2.20. The number of aryl methyl sites for hydroxylation is 1. The smallest absolute Gasteiger partial charge is 0.126 e. The molecule has 1 heterocycles. The summed E-state index contributed by atoms with van der Waals surface area (Å²) in [6.45, 7) is 9.66. The van der Waals surface area contributed by atoms with Crippen LogP contribution in [0.4, 0.5) is 5.82 Å². The van der Waals surface area contributed by atoms with Crippen LogP contribution in [0.5, 0.6) is 0 Å². The molecule has 1 aromatic heterocycles. The third kappa shape index (κ3) is 4.69. The summed E-state index contributed by atoms with van der Waals surface area (Å²) in [5.41, 5.74) is 4.16. The lowest BCUT2D eigenvalue weighted by Gasteiger charge is -2.17. The Balaban J connectivity index is 1.92. The third-order valence-electron chi connectivity index (χ3n) is 3.15. The summed E-state index contributed by atoms with van der Waals surface area (Å²) in [5, 5.41) is 3.36. The van der Waals surface area contributed by atoms with Gasteiger partial charge in [0.2, 0.25) is 0 Å². The maximum absolute atomic E-state index is 4.48. The Morgan fingerprint density at radius 2 is 1.60 bits per heavy atom. The molecule has 0 bridgehead atoms. The van der Waals surface area contributed by atoms with Crippen molar-refractivity contribution in [3.63, 3.8) is 0 Å². The van der Waals surface area contributed by atoms with E-state index in [9.17, 15) is 0 Å². The average Bonchev–Trinajstić information content (AvgIpc) is 2.38. The number of nitrogens with one attached hydrogen (secondary N) is 1. The van der Waals surface area contributed by atoms with Crippen molar-refractivity contribution in [2.75, 3.05) is 5.32 Å². The van der Waals surface area contributed by atoms with E-state index < -0.39 is 0 Å². The number of rotatable bonds is 4. The first-order valence-electron chi connectivity index (χ1n) is 7.17. The van der Waals surface area contributed by atoms with Gasteiger partial charge in [-0.15, -0.1) is 0 Å². The number of hydrogen-bond donors (Lipinski definition) is 1. The summed E-state index contributed by atoms with van der Waals surface area (Å²) >= 11 is 0. The van der Waals surface area contributed by atoms with E-state index in [-0.39, 0.29) is 0 Å². The molecule has 0 saturated carbocycles. The Hall–Kier alpha value is -1.83. The van der Waals surface area contributed by atoms with E-state index in [1.54, 1.807) is 0 Å². The van der Waals surface area contributed by atoms with Gasteiger partial charge in [-0.05, 0) is 36.0 Å². The number of nitrogens with zero attached hydrogens (tertiary/aromatic N) is 1. The molecule has 0 saturated heterocycles. The topological polar surface area (TPSA) is 24.9 Å². The normalized spacial score (nSPS) is 11.4. The van der Waals surface area contributed by atoms with Crippen molar-refractivity contribution in [1.29, 1.82) is 0 Å². The first kappa shape index (κ1) is 14.6. The van der Waals surface area contributed by atoms with E-state index >= 15 is 0 Å².